The van der Waals surface area contributed by atoms with Crippen LogP contribution in [0.3, 0.4) is 0 Å². The van der Waals surface area contributed by atoms with Gasteiger partial charge in [-0.1, -0.05) is 12.1 Å². The van der Waals surface area contributed by atoms with Gasteiger partial charge in [0.15, 0.2) is 11.2 Å². The number of rotatable bonds is 0. The molecule has 0 fully saturated rings. The van der Waals surface area contributed by atoms with Crippen molar-refractivity contribution >= 4 is 22.5 Å². The van der Waals surface area contributed by atoms with E-state index >= 15 is 0 Å². The number of aryl methyl sites for hydroxylation is 2. The third-order valence-corrected chi connectivity index (χ3v) is 3.31. The topological polar surface area (TPSA) is 114 Å². The molecule has 8 nitrogen and oxygen atoms in total. The summed E-state index contributed by atoms with van der Waals surface area (Å²) in [5, 5.41) is 0. The van der Waals surface area contributed by atoms with Crippen molar-refractivity contribution in [3.05, 3.63) is 51.4 Å². The smallest absolute Gasteiger partial charge is 0.332 e. The van der Waals surface area contributed by atoms with Gasteiger partial charge in [-0.05, 0) is 12.1 Å². The van der Waals surface area contributed by atoms with Gasteiger partial charge in [0.05, 0.1) is 17.7 Å². The van der Waals surface area contributed by atoms with Crippen LogP contribution in [0.1, 0.15) is 0 Å². The van der Waals surface area contributed by atoms with E-state index < -0.39 is 0 Å². The van der Waals surface area contributed by atoms with Crippen molar-refractivity contribution in [3.63, 3.8) is 0 Å². The Morgan fingerprint density at radius 3 is 2.00 bits per heavy atom. The van der Waals surface area contributed by atoms with Crippen molar-refractivity contribution in [2.24, 2.45) is 21.1 Å². The minimum Gasteiger partial charge on any atom is -0.397 e. The number of nitrogens with two attached hydrogens (primary N) is 2. The van der Waals surface area contributed by atoms with Crippen LogP contribution in [-0.4, -0.2) is 18.7 Å². The largest absolute Gasteiger partial charge is 0.397 e. The summed E-state index contributed by atoms with van der Waals surface area (Å²) in [6.45, 7) is 0. The van der Waals surface area contributed by atoms with Gasteiger partial charge in [-0.3, -0.25) is 13.9 Å². The summed E-state index contributed by atoms with van der Waals surface area (Å²) in [6.07, 6.45) is 1.52. The van der Waals surface area contributed by atoms with Crippen molar-refractivity contribution in [3.8, 4) is 0 Å². The fraction of sp³-hybridized carbons (Fsp3) is 0.214. The molecule has 0 amide bonds. The zero-order valence-corrected chi connectivity index (χ0v) is 12.6. The fourth-order valence-electron chi connectivity index (χ4n) is 1.98. The molecule has 4 N–H and O–H groups in total. The Morgan fingerprint density at radius 1 is 0.955 bits per heavy atom. The number of benzene rings is 1. The molecule has 3 aromatic rings. The maximum absolute atomic E-state index is 11.7. The lowest BCUT2D eigenvalue weighted by Crippen LogP contribution is -2.37. The Labute approximate surface area is 126 Å². The van der Waals surface area contributed by atoms with E-state index in [-0.39, 0.29) is 11.2 Å². The Balaban J connectivity index is 0.000000188. The van der Waals surface area contributed by atoms with E-state index in [0.29, 0.717) is 22.5 Å². The highest BCUT2D eigenvalue weighted by Crippen LogP contribution is 2.10. The second kappa shape index (κ2) is 5.76. The van der Waals surface area contributed by atoms with Gasteiger partial charge in [0.1, 0.15) is 0 Å². The molecule has 0 bridgehead atoms. The quantitative estimate of drug-likeness (QED) is 0.559. The SMILES string of the molecule is Cn1c(=O)c2c(ncn2C)n(C)c1=O.Nc1ccccc1N. The van der Waals surface area contributed by atoms with E-state index in [0.717, 1.165) is 4.57 Å². The molecule has 2 aromatic heterocycles. The molecule has 0 radical (unpaired) electrons. The zero-order chi connectivity index (χ0) is 16.4. The lowest BCUT2D eigenvalue weighted by molar-refractivity contribution is 0.705. The molecule has 0 spiro atoms. The van der Waals surface area contributed by atoms with Gasteiger partial charge in [-0.25, -0.2) is 9.78 Å². The van der Waals surface area contributed by atoms with Gasteiger partial charge >= 0.3 is 5.69 Å². The molecule has 0 aliphatic carbocycles. The Hall–Kier alpha value is -3.03. The minimum absolute atomic E-state index is 0.317. The number of hydrogen-bond acceptors (Lipinski definition) is 5. The van der Waals surface area contributed by atoms with E-state index in [2.05, 4.69) is 4.98 Å². The van der Waals surface area contributed by atoms with Gasteiger partial charge in [-0.2, -0.15) is 0 Å². The second-order valence-electron chi connectivity index (χ2n) is 4.86. The van der Waals surface area contributed by atoms with Crippen molar-refractivity contribution in [2.45, 2.75) is 0 Å². The Bertz CT molecular complexity index is 914. The first-order valence-corrected chi connectivity index (χ1v) is 6.51. The molecule has 22 heavy (non-hydrogen) atoms. The molecule has 116 valence electrons. The molecule has 0 aliphatic rings. The van der Waals surface area contributed by atoms with Crippen molar-refractivity contribution in [2.75, 3.05) is 11.5 Å². The van der Waals surface area contributed by atoms with Crippen molar-refractivity contribution < 1.29 is 0 Å². The molecule has 0 aliphatic heterocycles. The molecular weight excluding hydrogens is 284 g/mol. The lowest BCUT2D eigenvalue weighted by atomic mass is 10.3. The summed E-state index contributed by atoms with van der Waals surface area (Å²) < 4.78 is 4.04. The van der Waals surface area contributed by atoms with Crippen LogP contribution in [-0.2, 0) is 21.1 Å². The molecule has 8 heteroatoms. The number of anilines is 2. The average Bonchev–Trinajstić information content (AvgIpc) is 2.89. The van der Waals surface area contributed by atoms with E-state index in [9.17, 15) is 9.59 Å². The number of fused-ring (bicyclic) bond motifs is 1. The Morgan fingerprint density at radius 2 is 1.50 bits per heavy atom. The van der Waals surface area contributed by atoms with Crippen molar-refractivity contribution in [1.82, 2.24) is 18.7 Å². The first-order chi connectivity index (χ1) is 10.3. The van der Waals surface area contributed by atoms with Crippen LogP contribution in [0.15, 0.2) is 40.2 Å². The summed E-state index contributed by atoms with van der Waals surface area (Å²) >= 11 is 0. The van der Waals surface area contributed by atoms with Crippen LogP contribution < -0.4 is 22.7 Å². The highest BCUT2D eigenvalue weighted by Gasteiger charge is 2.11. The van der Waals surface area contributed by atoms with Crippen LogP contribution in [0.5, 0.6) is 0 Å². The number of nitrogens with zero attached hydrogens (tertiary/aromatic N) is 4. The first kappa shape index (κ1) is 15.4. The average molecular weight is 302 g/mol. The zero-order valence-electron chi connectivity index (χ0n) is 12.6. The number of nitrogen functional groups attached to an aromatic ring is 2. The third-order valence-electron chi connectivity index (χ3n) is 3.31. The highest BCUT2D eigenvalue weighted by molar-refractivity contribution is 5.69. The fourth-order valence-corrected chi connectivity index (χ4v) is 1.98. The monoisotopic (exact) mass is 302 g/mol. The van der Waals surface area contributed by atoms with E-state index in [1.54, 1.807) is 30.8 Å². The lowest BCUT2D eigenvalue weighted by Gasteiger charge is -2.02. The number of aromatic nitrogens is 4. The van der Waals surface area contributed by atoms with Gasteiger partial charge in [0.25, 0.3) is 5.56 Å². The van der Waals surface area contributed by atoms with Gasteiger partial charge in [0, 0.05) is 21.1 Å². The van der Waals surface area contributed by atoms with Crippen molar-refractivity contribution in [1.29, 1.82) is 0 Å². The van der Waals surface area contributed by atoms with E-state index in [1.165, 1.54) is 17.9 Å². The van der Waals surface area contributed by atoms with Gasteiger partial charge < -0.3 is 16.0 Å². The van der Waals surface area contributed by atoms with Crippen LogP contribution in [0.4, 0.5) is 11.4 Å². The molecule has 1 aromatic carbocycles. The summed E-state index contributed by atoms with van der Waals surface area (Å²) in [7, 11) is 4.77. The third kappa shape index (κ3) is 2.58. The molecule has 2 heterocycles. The predicted octanol–water partition coefficient (Wildman–Crippen LogP) is -0.178. The molecular formula is C14H18N6O2. The molecule has 0 saturated carbocycles. The predicted molar refractivity (Wildman–Crippen MR) is 86.5 cm³/mol. The van der Waals surface area contributed by atoms with Gasteiger partial charge in [-0.15, -0.1) is 0 Å². The standard InChI is InChI=1S/C8H10N4O2.C6H8N2/c1-10-4-9-6-5(10)7(13)12(3)8(14)11(6)2;7-5-3-1-2-4-6(5)8/h4H,1-3H3;1-4H,7-8H2. The molecule has 0 saturated heterocycles. The van der Waals surface area contributed by atoms with Crippen LogP contribution in [0, 0.1) is 0 Å². The summed E-state index contributed by atoms with van der Waals surface area (Å²) in [4.78, 5) is 27.2. The summed E-state index contributed by atoms with van der Waals surface area (Å²) in [5.74, 6) is 0. The summed E-state index contributed by atoms with van der Waals surface area (Å²) in [5.41, 5.74) is 12.3. The number of imidazole rings is 1. The Kier molecular flexibility index (Phi) is 4.02. The van der Waals surface area contributed by atoms with E-state index in [1.807, 2.05) is 12.1 Å². The summed E-state index contributed by atoms with van der Waals surface area (Å²) in [6, 6.07) is 7.25. The normalized spacial score (nSPS) is 10.3. The first-order valence-electron chi connectivity index (χ1n) is 6.51. The maximum Gasteiger partial charge on any atom is 0.332 e. The number of para-hydroxylation sites is 2. The second-order valence-corrected chi connectivity index (χ2v) is 4.86. The molecule has 3 rings (SSSR count). The van der Waals surface area contributed by atoms with Gasteiger partial charge in [0.2, 0.25) is 0 Å². The van der Waals surface area contributed by atoms with Crippen LogP contribution >= 0.6 is 0 Å². The molecule has 0 atom stereocenters. The number of hydrogen-bond donors (Lipinski definition) is 2. The maximum atomic E-state index is 11.7. The van der Waals surface area contributed by atoms with Crippen LogP contribution in [0.2, 0.25) is 0 Å². The van der Waals surface area contributed by atoms with Crippen LogP contribution in [0.25, 0.3) is 11.2 Å². The molecule has 0 unspecified atom stereocenters. The minimum atomic E-state index is -0.360. The highest BCUT2D eigenvalue weighted by atomic mass is 16.2. The van der Waals surface area contributed by atoms with E-state index in [4.69, 9.17) is 11.5 Å².